The molecule has 0 aliphatic rings. The monoisotopic (exact) mass is 341 g/mol. The van der Waals surface area contributed by atoms with Gasteiger partial charge in [-0.05, 0) is 30.3 Å². The van der Waals surface area contributed by atoms with Crippen LogP contribution in [0.4, 0.5) is 5.69 Å². The van der Waals surface area contributed by atoms with Crippen LogP contribution in [-0.2, 0) is 0 Å². The third-order valence-electron chi connectivity index (χ3n) is 2.36. The molecule has 18 heavy (non-hydrogen) atoms. The van der Waals surface area contributed by atoms with Gasteiger partial charge in [0, 0.05) is 21.7 Å². The van der Waals surface area contributed by atoms with E-state index in [9.17, 15) is 0 Å². The molecule has 2 aromatic carbocycles. The van der Waals surface area contributed by atoms with Crippen molar-refractivity contribution in [2.45, 2.75) is 4.90 Å². The van der Waals surface area contributed by atoms with Crippen molar-refractivity contribution in [1.29, 1.82) is 0 Å². The Hall–Kier alpha value is -0.640. The average Bonchev–Trinajstić information content (AvgIpc) is 2.37. The van der Waals surface area contributed by atoms with E-state index in [1.807, 2.05) is 48.2 Å². The van der Waals surface area contributed by atoms with Gasteiger partial charge >= 0.3 is 0 Å². The lowest BCUT2D eigenvalue weighted by atomic mass is 10.3. The predicted molar refractivity (Wildman–Crippen MR) is 84.8 cm³/mol. The van der Waals surface area contributed by atoms with Crippen molar-refractivity contribution in [1.82, 2.24) is 0 Å². The second-order valence-electron chi connectivity index (χ2n) is 3.71. The lowest BCUT2D eigenvalue weighted by Gasteiger charge is -2.07. The lowest BCUT2D eigenvalue weighted by molar-refractivity contribution is 1.22. The molecule has 0 aromatic heterocycles. The number of rotatable bonds is 5. The fourth-order valence-electron chi connectivity index (χ4n) is 1.52. The van der Waals surface area contributed by atoms with Crippen LogP contribution in [0.5, 0.6) is 0 Å². The summed E-state index contributed by atoms with van der Waals surface area (Å²) in [5, 5.41) is 4.10. The van der Waals surface area contributed by atoms with E-state index in [1.165, 1.54) is 4.90 Å². The first kappa shape index (κ1) is 13.8. The highest BCUT2D eigenvalue weighted by molar-refractivity contribution is 9.10. The van der Waals surface area contributed by atoms with Gasteiger partial charge in [0.25, 0.3) is 0 Å². The van der Waals surface area contributed by atoms with Gasteiger partial charge in [0.05, 0.1) is 10.7 Å². The normalized spacial score (nSPS) is 10.3. The van der Waals surface area contributed by atoms with E-state index < -0.39 is 0 Å². The number of hydrogen-bond acceptors (Lipinski definition) is 2. The fraction of sp³-hybridized carbons (Fsp3) is 0.143. The lowest BCUT2D eigenvalue weighted by Crippen LogP contribution is -2.04. The van der Waals surface area contributed by atoms with Gasteiger partial charge in [-0.25, -0.2) is 0 Å². The van der Waals surface area contributed by atoms with Gasteiger partial charge in [-0.2, -0.15) is 0 Å². The van der Waals surface area contributed by atoms with E-state index in [-0.39, 0.29) is 0 Å². The van der Waals surface area contributed by atoms with Crippen LogP contribution in [0.3, 0.4) is 0 Å². The van der Waals surface area contributed by atoms with E-state index in [0.717, 1.165) is 27.5 Å². The number of benzene rings is 2. The van der Waals surface area contributed by atoms with Crippen molar-refractivity contribution in [3.05, 3.63) is 58.0 Å². The zero-order valence-corrected chi connectivity index (χ0v) is 12.9. The maximum absolute atomic E-state index is 6.07. The van der Waals surface area contributed by atoms with E-state index in [4.69, 9.17) is 11.6 Å². The number of thioether (sulfide) groups is 1. The molecule has 0 amide bonds. The molecule has 1 N–H and O–H groups in total. The summed E-state index contributed by atoms with van der Waals surface area (Å²) in [5.74, 6) is 1.00. The molecule has 0 fully saturated rings. The molecule has 0 heterocycles. The molecule has 4 heteroatoms. The first-order valence-electron chi connectivity index (χ1n) is 5.62. The molecule has 0 saturated carbocycles. The van der Waals surface area contributed by atoms with Gasteiger partial charge in [0.2, 0.25) is 0 Å². The Balaban J connectivity index is 1.78. The van der Waals surface area contributed by atoms with Crippen LogP contribution in [-0.4, -0.2) is 12.3 Å². The maximum Gasteiger partial charge on any atom is 0.0637 e. The molecule has 0 aliphatic heterocycles. The summed E-state index contributed by atoms with van der Waals surface area (Å²) in [6.07, 6.45) is 0. The van der Waals surface area contributed by atoms with E-state index in [2.05, 4.69) is 33.4 Å². The Morgan fingerprint density at radius 1 is 1.11 bits per heavy atom. The van der Waals surface area contributed by atoms with Gasteiger partial charge in [-0.15, -0.1) is 11.8 Å². The molecule has 2 aromatic rings. The Kier molecular flexibility index (Phi) is 5.42. The highest BCUT2D eigenvalue weighted by atomic mass is 79.9. The molecule has 0 bridgehead atoms. The molecule has 0 aliphatic carbocycles. The molecular formula is C14H13BrClNS. The van der Waals surface area contributed by atoms with Gasteiger partial charge in [-0.3, -0.25) is 0 Å². The summed E-state index contributed by atoms with van der Waals surface area (Å²) in [7, 11) is 0. The highest BCUT2D eigenvalue weighted by Gasteiger charge is 1.98. The smallest absolute Gasteiger partial charge is 0.0637 e. The summed E-state index contributed by atoms with van der Waals surface area (Å²) >= 11 is 11.4. The maximum atomic E-state index is 6.07. The largest absolute Gasteiger partial charge is 0.383 e. The Labute approximate surface area is 125 Å². The number of halogens is 2. The molecule has 0 unspecified atom stereocenters. The van der Waals surface area contributed by atoms with Crippen molar-refractivity contribution in [3.63, 3.8) is 0 Å². The van der Waals surface area contributed by atoms with Crippen molar-refractivity contribution in [3.8, 4) is 0 Å². The Morgan fingerprint density at radius 2 is 1.94 bits per heavy atom. The molecule has 0 spiro atoms. The zero-order chi connectivity index (χ0) is 12.8. The van der Waals surface area contributed by atoms with Crippen LogP contribution in [0.15, 0.2) is 57.9 Å². The van der Waals surface area contributed by atoms with Crippen molar-refractivity contribution >= 4 is 45.0 Å². The minimum absolute atomic E-state index is 0.768. The second kappa shape index (κ2) is 7.07. The summed E-state index contributed by atoms with van der Waals surface area (Å²) in [6, 6.07) is 16.1. The Bertz CT molecular complexity index is 519. The average molecular weight is 343 g/mol. The van der Waals surface area contributed by atoms with Gasteiger partial charge < -0.3 is 5.32 Å². The number of hydrogen-bond donors (Lipinski definition) is 1. The van der Waals surface area contributed by atoms with Crippen LogP contribution >= 0.6 is 39.3 Å². The number of anilines is 1. The number of para-hydroxylation sites is 1. The van der Waals surface area contributed by atoms with Crippen LogP contribution < -0.4 is 5.32 Å². The molecule has 1 nitrogen and oxygen atoms in total. The summed E-state index contributed by atoms with van der Waals surface area (Å²) in [4.78, 5) is 1.27. The van der Waals surface area contributed by atoms with Gasteiger partial charge in [0.15, 0.2) is 0 Å². The first-order chi connectivity index (χ1) is 8.75. The molecule has 2 rings (SSSR count). The van der Waals surface area contributed by atoms with E-state index in [0.29, 0.717) is 0 Å². The molecule has 0 saturated heterocycles. The van der Waals surface area contributed by atoms with Gasteiger partial charge in [-0.1, -0.05) is 45.7 Å². The highest BCUT2D eigenvalue weighted by Crippen LogP contribution is 2.23. The quantitative estimate of drug-likeness (QED) is 0.584. The predicted octanol–water partition coefficient (Wildman–Crippen LogP) is 5.31. The topological polar surface area (TPSA) is 12.0 Å². The van der Waals surface area contributed by atoms with Crippen LogP contribution in [0.1, 0.15) is 0 Å². The SMILES string of the molecule is Clc1ccccc1NCCSc1cccc(Br)c1. The third kappa shape index (κ3) is 4.23. The molecular weight excluding hydrogens is 330 g/mol. The van der Waals surface area contributed by atoms with Crippen molar-refractivity contribution in [2.24, 2.45) is 0 Å². The van der Waals surface area contributed by atoms with E-state index in [1.54, 1.807) is 0 Å². The first-order valence-corrected chi connectivity index (χ1v) is 7.78. The van der Waals surface area contributed by atoms with Crippen molar-refractivity contribution < 1.29 is 0 Å². The van der Waals surface area contributed by atoms with Crippen LogP contribution in [0.2, 0.25) is 5.02 Å². The van der Waals surface area contributed by atoms with Crippen LogP contribution in [0.25, 0.3) is 0 Å². The summed E-state index contributed by atoms with van der Waals surface area (Å²) < 4.78 is 1.12. The molecule has 0 radical (unpaired) electrons. The fourth-order valence-corrected chi connectivity index (χ4v) is 3.09. The second-order valence-corrected chi connectivity index (χ2v) is 6.20. The third-order valence-corrected chi connectivity index (χ3v) is 4.17. The van der Waals surface area contributed by atoms with Crippen LogP contribution in [0, 0.1) is 0 Å². The molecule has 94 valence electrons. The van der Waals surface area contributed by atoms with Gasteiger partial charge in [0.1, 0.15) is 0 Å². The summed E-state index contributed by atoms with van der Waals surface area (Å²) in [6.45, 7) is 0.890. The molecule has 0 atom stereocenters. The minimum Gasteiger partial charge on any atom is -0.383 e. The Morgan fingerprint density at radius 3 is 2.72 bits per heavy atom. The van der Waals surface area contributed by atoms with Crippen molar-refractivity contribution in [2.75, 3.05) is 17.6 Å². The number of nitrogens with one attached hydrogen (secondary N) is 1. The zero-order valence-electron chi connectivity index (χ0n) is 9.70. The standard InChI is InChI=1S/C14H13BrClNS/c15-11-4-3-5-12(10-11)18-9-8-17-14-7-2-1-6-13(14)16/h1-7,10,17H,8-9H2. The summed E-state index contributed by atoms with van der Waals surface area (Å²) in [5.41, 5.74) is 0.994. The van der Waals surface area contributed by atoms with E-state index >= 15 is 0 Å². The minimum atomic E-state index is 0.768.